The number of ether oxygens (including phenoxy) is 2. The van der Waals surface area contributed by atoms with E-state index in [4.69, 9.17) is 13.6 Å². The molecule has 23 heavy (non-hydrogen) atoms. The van der Waals surface area contributed by atoms with Gasteiger partial charge in [-0.05, 0) is 37.3 Å². The standard InChI is InChI=1S/C16H16F2N2O3/c1-10(21)13-7-8-15(23-9-14(17)18)20-16(13)19-11-3-5-12(22-2)6-4-11/h3-8,14H,9H2,1-2H3,(H,19,20)/i2D3. The number of nitrogens with zero attached hydrogens (tertiary/aromatic N) is 1. The number of ketones is 1. The van der Waals surface area contributed by atoms with E-state index in [1.807, 2.05) is 0 Å². The number of hydrogen-bond donors (Lipinski definition) is 1. The number of carbonyl (C=O) groups excluding carboxylic acids is 1. The number of rotatable bonds is 7. The molecule has 0 bridgehead atoms. The monoisotopic (exact) mass is 325 g/mol. The summed E-state index contributed by atoms with van der Waals surface area (Å²) in [6.45, 7) is 0.530. The minimum absolute atomic E-state index is 0.0554. The van der Waals surface area contributed by atoms with Crippen molar-refractivity contribution < 1.29 is 27.2 Å². The normalized spacial score (nSPS) is 13.0. The van der Waals surface area contributed by atoms with E-state index in [0.29, 0.717) is 5.69 Å². The highest BCUT2D eigenvalue weighted by Gasteiger charge is 2.12. The molecule has 0 aliphatic carbocycles. The zero-order chi connectivity index (χ0) is 19.3. The number of anilines is 2. The molecule has 5 nitrogen and oxygen atoms in total. The van der Waals surface area contributed by atoms with Crippen LogP contribution in [0.1, 0.15) is 21.4 Å². The first-order valence-corrected chi connectivity index (χ1v) is 6.63. The fourth-order valence-electron chi connectivity index (χ4n) is 1.79. The van der Waals surface area contributed by atoms with Crippen LogP contribution >= 0.6 is 0 Å². The Hall–Kier alpha value is -2.70. The summed E-state index contributed by atoms with van der Waals surface area (Å²) in [6.07, 6.45) is -2.65. The molecule has 0 radical (unpaired) electrons. The van der Waals surface area contributed by atoms with Crippen molar-refractivity contribution in [2.75, 3.05) is 19.0 Å². The molecule has 0 amide bonds. The lowest BCUT2D eigenvalue weighted by atomic mass is 10.2. The molecule has 0 unspecified atom stereocenters. The van der Waals surface area contributed by atoms with Gasteiger partial charge in [0.1, 0.15) is 11.6 Å². The Labute approximate surface area is 136 Å². The second-order valence-electron chi connectivity index (χ2n) is 4.56. The quantitative estimate of drug-likeness (QED) is 0.787. The van der Waals surface area contributed by atoms with Gasteiger partial charge in [-0.3, -0.25) is 4.79 Å². The Kier molecular flexibility index (Phi) is 4.19. The van der Waals surface area contributed by atoms with Gasteiger partial charge in [-0.25, -0.2) is 8.78 Å². The molecule has 0 atom stereocenters. The van der Waals surface area contributed by atoms with Gasteiger partial charge >= 0.3 is 0 Å². The third-order valence-corrected chi connectivity index (χ3v) is 2.84. The number of hydrogen-bond acceptors (Lipinski definition) is 5. The first-order chi connectivity index (χ1) is 12.1. The van der Waals surface area contributed by atoms with Crippen LogP contribution in [0.25, 0.3) is 0 Å². The number of alkyl halides is 2. The SMILES string of the molecule is [2H]C([2H])([2H])Oc1ccc(Nc2nc(OCC(F)F)ccc2C(C)=O)cc1. The van der Waals surface area contributed by atoms with Crippen LogP contribution in [0.4, 0.5) is 20.3 Å². The summed E-state index contributed by atoms with van der Waals surface area (Å²) in [5.74, 6) is -0.0546. The fraction of sp³-hybridized carbons (Fsp3) is 0.250. The van der Waals surface area contributed by atoms with Gasteiger partial charge in [0.25, 0.3) is 6.43 Å². The van der Waals surface area contributed by atoms with E-state index in [1.165, 1.54) is 43.3 Å². The summed E-state index contributed by atoms with van der Waals surface area (Å²) >= 11 is 0. The smallest absolute Gasteiger partial charge is 0.272 e. The predicted octanol–water partition coefficient (Wildman–Crippen LogP) is 3.68. The van der Waals surface area contributed by atoms with Crippen LogP contribution in [-0.4, -0.2) is 30.8 Å². The summed E-state index contributed by atoms with van der Waals surface area (Å²) < 4.78 is 55.3. The molecule has 1 aromatic carbocycles. The van der Waals surface area contributed by atoms with Gasteiger partial charge < -0.3 is 14.8 Å². The number of Topliss-reactive ketones (excluding diaryl/α,β-unsaturated/α-hetero) is 1. The molecular weight excluding hydrogens is 306 g/mol. The van der Waals surface area contributed by atoms with Gasteiger partial charge in [-0.1, -0.05) is 0 Å². The highest BCUT2D eigenvalue weighted by molar-refractivity contribution is 5.99. The lowest BCUT2D eigenvalue weighted by Crippen LogP contribution is -2.10. The summed E-state index contributed by atoms with van der Waals surface area (Å²) in [5.41, 5.74) is 0.737. The van der Waals surface area contributed by atoms with Crippen molar-refractivity contribution in [3.05, 3.63) is 42.0 Å². The maximum absolute atomic E-state index is 12.3. The predicted molar refractivity (Wildman–Crippen MR) is 82.0 cm³/mol. The molecule has 0 saturated heterocycles. The minimum Gasteiger partial charge on any atom is -0.497 e. The van der Waals surface area contributed by atoms with Crippen molar-refractivity contribution in [2.45, 2.75) is 13.3 Å². The van der Waals surface area contributed by atoms with E-state index in [-0.39, 0.29) is 28.8 Å². The van der Waals surface area contributed by atoms with Crippen molar-refractivity contribution in [3.8, 4) is 11.6 Å². The molecule has 0 saturated carbocycles. The second kappa shape index (κ2) is 7.53. The Morgan fingerprint density at radius 2 is 2.04 bits per heavy atom. The zero-order valence-corrected chi connectivity index (χ0v) is 12.2. The van der Waals surface area contributed by atoms with Crippen molar-refractivity contribution in [1.82, 2.24) is 4.98 Å². The Bertz CT molecular complexity index is 768. The number of pyridine rings is 1. The Balaban J connectivity index is 2.20. The molecular formula is C16H16F2N2O3. The molecule has 1 heterocycles. The van der Waals surface area contributed by atoms with Crippen molar-refractivity contribution >= 4 is 17.3 Å². The van der Waals surface area contributed by atoms with E-state index in [1.54, 1.807) is 0 Å². The molecule has 122 valence electrons. The third-order valence-electron chi connectivity index (χ3n) is 2.84. The number of benzene rings is 1. The van der Waals surface area contributed by atoms with Crippen molar-refractivity contribution in [3.63, 3.8) is 0 Å². The summed E-state index contributed by atoms with van der Waals surface area (Å²) in [6, 6.07) is 8.67. The van der Waals surface area contributed by atoms with Crippen LogP contribution in [0, 0.1) is 0 Å². The van der Waals surface area contributed by atoms with Gasteiger partial charge in [0.2, 0.25) is 5.88 Å². The minimum atomic E-state index is -2.65. The van der Waals surface area contributed by atoms with E-state index in [0.717, 1.165) is 0 Å². The lowest BCUT2D eigenvalue weighted by molar-refractivity contribution is 0.0796. The fourth-order valence-corrected chi connectivity index (χ4v) is 1.79. The molecule has 1 aromatic heterocycles. The molecule has 0 spiro atoms. The van der Waals surface area contributed by atoms with Crippen LogP contribution in [-0.2, 0) is 0 Å². The largest absolute Gasteiger partial charge is 0.497 e. The summed E-state index contributed by atoms with van der Waals surface area (Å²) in [7, 11) is -2.56. The summed E-state index contributed by atoms with van der Waals surface area (Å²) in [4.78, 5) is 15.8. The molecule has 0 aliphatic rings. The van der Waals surface area contributed by atoms with E-state index < -0.39 is 20.1 Å². The molecule has 0 fully saturated rings. The first kappa shape index (κ1) is 12.8. The van der Waals surface area contributed by atoms with Crippen LogP contribution in [0.5, 0.6) is 11.6 Å². The Morgan fingerprint density at radius 1 is 1.30 bits per heavy atom. The average molecular weight is 325 g/mol. The number of nitrogens with one attached hydrogen (secondary N) is 1. The number of aromatic nitrogens is 1. The highest BCUT2D eigenvalue weighted by atomic mass is 19.3. The zero-order valence-electron chi connectivity index (χ0n) is 15.2. The summed E-state index contributed by atoms with van der Waals surface area (Å²) in [5, 5.41) is 2.88. The molecule has 1 N–H and O–H groups in total. The van der Waals surface area contributed by atoms with Gasteiger partial charge in [0, 0.05) is 11.8 Å². The molecule has 7 heteroatoms. The molecule has 0 aliphatic heterocycles. The van der Waals surface area contributed by atoms with Gasteiger partial charge in [0.15, 0.2) is 12.4 Å². The van der Waals surface area contributed by atoms with Gasteiger partial charge in [-0.2, -0.15) is 4.98 Å². The van der Waals surface area contributed by atoms with E-state index in [2.05, 4.69) is 10.3 Å². The number of halogens is 2. The third kappa shape index (κ3) is 4.64. The topological polar surface area (TPSA) is 60.4 Å². The first-order valence-electron chi connectivity index (χ1n) is 8.13. The van der Waals surface area contributed by atoms with E-state index >= 15 is 0 Å². The second-order valence-corrected chi connectivity index (χ2v) is 4.56. The highest BCUT2D eigenvalue weighted by Crippen LogP contribution is 2.24. The van der Waals surface area contributed by atoms with Crippen LogP contribution < -0.4 is 14.8 Å². The molecule has 2 rings (SSSR count). The van der Waals surface area contributed by atoms with Crippen LogP contribution in [0.15, 0.2) is 36.4 Å². The molecule has 2 aromatic rings. The maximum Gasteiger partial charge on any atom is 0.272 e. The van der Waals surface area contributed by atoms with Crippen LogP contribution in [0.2, 0.25) is 0 Å². The van der Waals surface area contributed by atoms with Gasteiger partial charge in [0.05, 0.1) is 16.7 Å². The Morgan fingerprint density at radius 3 is 2.65 bits per heavy atom. The van der Waals surface area contributed by atoms with E-state index in [9.17, 15) is 13.6 Å². The number of carbonyl (C=O) groups is 1. The maximum atomic E-state index is 12.3. The van der Waals surface area contributed by atoms with Crippen LogP contribution in [0.3, 0.4) is 0 Å². The van der Waals surface area contributed by atoms with Gasteiger partial charge in [-0.15, -0.1) is 0 Å². The lowest BCUT2D eigenvalue weighted by Gasteiger charge is -2.12. The van der Waals surface area contributed by atoms with Crippen molar-refractivity contribution in [1.29, 1.82) is 0 Å². The number of methoxy groups -OCH3 is 1. The average Bonchev–Trinajstić information content (AvgIpc) is 2.53. The van der Waals surface area contributed by atoms with Crippen molar-refractivity contribution in [2.24, 2.45) is 0 Å².